The molecule has 1 aromatic heterocycles. The van der Waals surface area contributed by atoms with Gasteiger partial charge >= 0.3 is 0 Å². The van der Waals surface area contributed by atoms with Crippen molar-refractivity contribution in [1.82, 2.24) is 9.55 Å². The maximum absolute atomic E-state index is 6.25. The van der Waals surface area contributed by atoms with Crippen molar-refractivity contribution in [1.29, 1.82) is 0 Å². The van der Waals surface area contributed by atoms with Crippen LogP contribution >= 0.6 is 0 Å². The predicted octanol–water partition coefficient (Wildman–Crippen LogP) is 2.97. The third-order valence-corrected chi connectivity index (χ3v) is 3.84. The van der Waals surface area contributed by atoms with Gasteiger partial charge in [0.05, 0.1) is 11.0 Å². The molecule has 0 fully saturated rings. The third-order valence-electron chi connectivity index (χ3n) is 3.84. The number of para-hydroxylation sites is 2. The van der Waals surface area contributed by atoms with Gasteiger partial charge in [0.2, 0.25) is 0 Å². The van der Waals surface area contributed by atoms with E-state index in [1.165, 1.54) is 5.52 Å². The fourth-order valence-electron chi connectivity index (χ4n) is 2.35. The molecule has 0 aliphatic heterocycles. The van der Waals surface area contributed by atoms with E-state index >= 15 is 0 Å². The number of imidazole rings is 1. The Labute approximate surface area is 109 Å². The molecule has 2 atom stereocenters. The summed E-state index contributed by atoms with van der Waals surface area (Å²) in [6.45, 7) is 7.51. The van der Waals surface area contributed by atoms with Crippen molar-refractivity contribution in [3.63, 3.8) is 0 Å². The molecule has 2 N–H and O–H groups in total. The summed E-state index contributed by atoms with van der Waals surface area (Å²) in [5.41, 5.74) is 8.54. The van der Waals surface area contributed by atoms with Crippen LogP contribution in [-0.2, 0) is 13.0 Å². The number of nitrogens with two attached hydrogens (primary N) is 1. The first-order chi connectivity index (χ1) is 8.67. The van der Waals surface area contributed by atoms with E-state index in [4.69, 9.17) is 10.7 Å². The highest BCUT2D eigenvalue weighted by Crippen LogP contribution is 2.18. The van der Waals surface area contributed by atoms with Gasteiger partial charge in [0.15, 0.2) is 0 Å². The first-order valence-electron chi connectivity index (χ1n) is 6.87. The summed E-state index contributed by atoms with van der Waals surface area (Å²) in [5, 5.41) is 0. The van der Waals surface area contributed by atoms with Crippen LogP contribution in [0.25, 0.3) is 11.0 Å². The standard InChI is InChI=1S/C15H23N3/c1-4-11(3)12(16)10-15-17-13-8-6-7-9-14(13)18(15)5-2/h6-9,11-12H,4-5,10,16H2,1-3H3. The molecule has 0 radical (unpaired) electrons. The van der Waals surface area contributed by atoms with Crippen LogP contribution < -0.4 is 5.73 Å². The van der Waals surface area contributed by atoms with Gasteiger partial charge in [0.1, 0.15) is 5.82 Å². The molecule has 0 saturated carbocycles. The van der Waals surface area contributed by atoms with Gasteiger partial charge in [-0.05, 0) is 25.0 Å². The molecule has 2 unspecified atom stereocenters. The van der Waals surface area contributed by atoms with E-state index in [1.807, 2.05) is 6.07 Å². The maximum atomic E-state index is 6.25. The number of fused-ring (bicyclic) bond motifs is 1. The van der Waals surface area contributed by atoms with Crippen molar-refractivity contribution < 1.29 is 0 Å². The van der Waals surface area contributed by atoms with Crippen LogP contribution in [0, 0.1) is 5.92 Å². The van der Waals surface area contributed by atoms with E-state index in [0.29, 0.717) is 5.92 Å². The van der Waals surface area contributed by atoms with Crippen LogP contribution in [0.4, 0.5) is 0 Å². The van der Waals surface area contributed by atoms with Crippen molar-refractivity contribution >= 4 is 11.0 Å². The Bertz CT molecular complexity index is 515. The summed E-state index contributed by atoms with van der Waals surface area (Å²) in [6.07, 6.45) is 1.98. The van der Waals surface area contributed by atoms with Crippen molar-refractivity contribution in [3.05, 3.63) is 30.1 Å². The molecule has 98 valence electrons. The summed E-state index contributed by atoms with van der Waals surface area (Å²) in [4.78, 5) is 4.72. The van der Waals surface area contributed by atoms with E-state index in [9.17, 15) is 0 Å². The van der Waals surface area contributed by atoms with Gasteiger partial charge in [0, 0.05) is 19.0 Å². The normalized spacial score (nSPS) is 14.9. The topological polar surface area (TPSA) is 43.8 Å². The van der Waals surface area contributed by atoms with E-state index in [0.717, 1.165) is 30.7 Å². The molecule has 2 rings (SSSR count). The smallest absolute Gasteiger partial charge is 0.111 e. The molecular weight excluding hydrogens is 222 g/mol. The zero-order valence-electron chi connectivity index (χ0n) is 11.6. The molecule has 0 amide bonds. The van der Waals surface area contributed by atoms with Gasteiger partial charge in [-0.3, -0.25) is 0 Å². The highest BCUT2D eigenvalue weighted by molar-refractivity contribution is 5.75. The molecule has 3 heteroatoms. The van der Waals surface area contributed by atoms with E-state index in [2.05, 4.69) is 43.5 Å². The summed E-state index contributed by atoms with van der Waals surface area (Å²) < 4.78 is 2.28. The fraction of sp³-hybridized carbons (Fsp3) is 0.533. The lowest BCUT2D eigenvalue weighted by Crippen LogP contribution is -2.31. The Morgan fingerprint density at radius 3 is 2.67 bits per heavy atom. The third kappa shape index (κ3) is 2.41. The lowest BCUT2D eigenvalue weighted by atomic mass is 9.97. The maximum Gasteiger partial charge on any atom is 0.111 e. The van der Waals surface area contributed by atoms with Crippen LogP contribution in [-0.4, -0.2) is 15.6 Å². The minimum atomic E-state index is 0.192. The molecule has 2 aromatic rings. The summed E-state index contributed by atoms with van der Waals surface area (Å²) in [5.74, 6) is 1.65. The Kier molecular flexibility index (Phi) is 4.02. The van der Waals surface area contributed by atoms with Crippen LogP contribution in [0.2, 0.25) is 0 Å². The average molecular weight is 245 g/mol. The quantitative estimate of drug-likeness (QED) is 0.880. The number of benzene rings is 1. The number of nitrogens with zero attached hydrogens (tertiary/aromatic N) is 2. The van der Waals surface area contributed by atoms with Crippen LogP contribution in [0.1, 0.15) is 33.0 Å². The van der Waals surface area contributed by atoms with Crippen molar-refractivity contribution in [2.45, 2.75) is 46.2 Å². The first-order valence-corrected chi connectivity index (χ1v) is 6.87. The minimum Gasteiger partial charge on any atom is -0.328 e. The number of rotatable bonds is 5. The van der Waals surface area contributed by atoms with E-state index in [1.54, 1.807) is 0 Å². The number of aromatic nitrogens is 2. The van der Waals surface area contributed by atoms with Crippen LogP contribution in [0.3, 0.4) is 0 Å². The van der Waals surface area contributed by atoms with Gasteiger partial charge in [-0.1, -0.05) is 32.4 Å². The number of hydrogen-bond donors (Lipinski definition) is 1. The lowest BCUT2D eigenvalue weighted by molar-refractivity contribution is 0.429. The lowest BCUT2D eigenvalue weighted by Gasteiger charge is -2.18. The second-order valence-electron chi connectivity index (χ2n) is 5.01. The van der Waals surface area contributed by atoms with Crippen molar-refractivity contribution in [2.75, 3.05) is 0 Å². The molecule has 1 heterocycles. The summed E-state index contributed by atoms with van der Waals surface area (Å²) in [7, 11) is 0. The minimum absolute atomic E-state index is 0.192. The zero-order chi connectivity index (χ0) is 13.1. The highest BCUT2D eigenvalue weighted by atomic mass is 15.1. The monoisotopic (exact) mass is 245 g/mol. The Morgan fingerprint density at radius 2 is 2.00 bits per heavy atom. The molecule has 0 spiro atoms. The van der Waals surface area contributed by atoms with Crippen LogP contribution in [0.5, 0.6) is 0 Å². The van der Waals surface area contributed by atoms with Gasteiger partial charge in [-0.2, -0.15) is 0 Å². The summed E-state index contributed by atoms with van der Waals surface area (Å²) in [6, 6.07) is 8.49. The molecule has 0 aliphatic carbocycles. The average Bonchev–Trinajstić information content (AvgIpc) is 2.74. The second kappa shape index (κ2) is 5.53. The highest BCUT2D eigenvalue weighted by Gasteiger charge is 2.16. The second-order valence-corrected chi connectivity index (χ2v) is 5.01. The van der Waals surface area contributed by atoms with Crippen molar-refractivity contribution in [2.24, 2.45) is 11.7 Å². The van der Waals surface area contributed by atoms with E-state index in [-0.39, 0.29) is 6.04 Å². The Balaban J connectivity index is 2.33. The molecule has 1 aromatic carbocycles. The van der Waals surface area contributed by atoms with Gasteiger partial charge in [-0.15, -0.1) is 0 Å². The van der Waals surface area contributed by atoms with E-state index < -0.39 is 0 Å². The molecule has 0 saturated heterocycles. The zero-order valence-corrected chi connectivity index (χ0v) is 11.6. The molecule has 0 aliphatic rings. The van der Waals surface area contributed by atoms with Gasteiger partial charge < -0.3 is 10.3 Å². The predicted molar refractivity (Wildman–Crippen MR) is 76.5 cm³/mol. The Hall–Kier alpha value is -1.35. The largest absolute Gasteiger partial charge is 0.328 e. The Morgan fingerprint density at radius 1 is 1.28 bits per heavy atom. The number of hydrogen-bond acceptors (Lipinski definition) is 2. The van der Waals surface area contributed by atoms with Gasteiger partial charge in [0.25, 0.3) is 0 Å². The number of aryl methyl sites for hydroxylation is 1. The SMILES string of the molecule is CCC(C)C(N)Cc1nc2ccccc2n1CC. The fourth-order valence-corrected chi connectivity index (χ4v) is 2.35. The molecule has 3 nitrogen and oxygen atoms in total. The molecule has 18 heavy (non-hydrogen) atoms. The van der Waals surface area contributed by atoms with Crippen molar-refractivity contribution in [3.8, 4) is 0 Å². The van der Waals surface area contributed by atoms with Crippen LogP contribution in [0.15, 0.2) is 24.3 Å². The van der Waals surface area contributed by atoms with Gasteiger partial charge in [-0.25, -0.2) is 4.98 Å². The first kappa shape index (κ1) is 13.1. The molecule has 0 bridgehead atoms. The summed E-state index contributed by atoms with van der Waals surface area (Å²) >= 11 is 0. The molecular formula is C15H23N3.